The van der Waals surface area contributed by atoms with Crippen LogP contribution < -0.4 is 14.8 Å². The maximum atomic E-state index is 12.1. The Morgan fingerprint density at radius 2 is 1.88 bits per heavy atom. The molecule has 0 atom stereocenters. The third-order valence-corrected chi connectivity index (χ3v) is 4.33. The van der Waals surface area contributed by atoms with Gasteiger partial charge < -0.3 is 14.8 Å². The molecule has 0 aliphatic heterocycles. The van der Waals surface area contributed by atoms with Crippen LogP contribution in [0.5, 0.6) is 11.5 Å². The van der Waals surface area contributed by atoms with Crippen LogP contribution >= 0.6 is 11.3 Å². The molecule has 0 saturated heterocycles. The van der Waals surface area contributed by atoms with E-state index in [1.165, 1.54) is 11.3 Å². The largest absolute Gasteiger partial charge is 0.493 e. The van der Waals surface area contributed by atoms with E-state index in [1.807, 2.05) is 35.7 Å². The van der Waals surface area contributed by atoms with Crippen LogP contribution in [0.3, 0.4) is 0 Å². The number of hydrogen-bond acceptors (Lipinski definition) is 5. The van der Waals surface area contributed by atoms with E-state index in [4.69, 9.17) is 9.47 Å². The Balaban J connectivity index is 1.86. The van der Waals surface area contributed by atoms with Gasteiger partial charge in [0.25, 0.3) is 5.91 Å². The lowest BCUT2D eigenvalue weighted by atomic mass is 10.1. The first-order valence-corrected chi connectivity index (χ1v) is 8.11. The summed E-state index contributed by atoms with van der Waals surface area (Å²) in [4.78, 5) is 17.0. The van der Waals surface area contributed by atoms with Gasteiger partial charge in [0.15, 0.2) is 11.5 Å². The van der Waals surface area contributed by atoms with Gasteiger partial charge in [0, 0.05) is 11.8 Å². The number of benzene rings is 1. The van der Waals surface area contributed by atoms with Gasteiger partial charge in [0.1, 0.15) is 0 Å². The van der Waals surface area contributed by atoms with Gasteiger partial charge in [-0.2, -0.15) is 0 Å². The number of hydrogen-bond donors (Lipinski definition) is 1. The normalized spacial score (nSPS) is 10.2. The number of amides is 1. The Morgan fingerprint density at radius 1 is 1.04 bits per heavy atom. The molecule has 2 heterocycles. The van der Waals surface area contributed by atoms with E-state index in [-0.39, 0.29) is 5.91 Å². The van der Waals surface area contributed by atoms with Crippen LogP contribution in [-0.4, -0.2) is 25.1 Å². The number of rotatable bonds is 5. The van der Waals surface area contributed by atoms with Crippen molar-refractivity contribution in [2.75, 3.05) is 19.5 Å². The number of pyridine rings is 1. The van der Waals surface area contributed by atoms with Crippen LogP contribution in [0.25, 0.3) is 11.1 Å². The molecule has 0 aliphatic rings. The minimum absolute atomic E-state index is 0.142. The minimum Gasteiger partial charge on any atom is -0.493 e. The fourth-order valence-electron chi connectivity index (χ4n) is 2.28. The molecule has 6 heteroatoms. The number of aromatic nitrogens is 1. The molecule has 1 aromatic carbocycles. The second-order valence-electron chi connectivity index (χ2n) is 4.96. The highest BCUT2D eigenvalue weighted by Crippen LogP contribution is 2.32. The fourth-order valence-corrected chi connectivity index (χ4v) is 2.90. The van der Waals surface area contributed by atoms with Gasteiger partial charge in [-0.25, -0.2) is 0 Å². The summed E-state index contributed by atoms with van der Waals surface area (Å²) >= 11 is 1.40. The quantitative estimate of drug-likeness (QED) is 0.760. The summed E-state index contributed by atoms with van der Waals surface area (Å²) in [6, 6.07) is 11.1. The molecule has 0 fully saturated rings. The Morgan fingerprint density at radius 3 is 2.58 bits per heavy atom. The summed E-state index contributed by atoms with van der Waals surface area (Å²) in [6.45, 7) is 0. The first-order valence-electron chi connectivity index (χ1n) is 7.23. The van der Waals surface area contributed by atoms with Gasteiger partial charge in [0.05, 0.1) is 31.0 Å². The van der Waals surface area contributed by atoms with E-state index in [0.717, 1.165) is 11.1 Å². The molecule has 24 heavy (non-hydrogen) atoms. The first-order chi connectivity index (χ1) is 11.7. The zero-order chi connectivity index (χ0) is 16.9. The lowest BCUT2D eigenvalue weighted by molar-refractivity contribution is 0.103. The fraction of sp³-hybridized carbons (Fsp3) is 0.111. The summed E-state index contributed by atoms with van der Waals surface area (Å²) in [5.74, 6) is 1.16. The van der Waals surface area contributed by atoms with Crippen LogP contribution in [0.1, 0.15) is 9.67 Å². The molecule has 3 aromatic rings. The van der Waals surface area contributed by atoms with Crippen molar-refractivity contribution in [1.82, 2.24) is 4.98 Å². The Hall–Kier alpha value is -2.86. The Labute approximate surface area is 143 Å². The molecule has 0 saturated carbocycles. The topological polar surface area (TPSA) is 60.5 Å². The number of carbonyl (C=O) groups excluding carboxylic acids is 1. The van der Waals surface area contributed by atoms with Crippen molar-refractivity contribution in [2.24, 2.45) is 0 Å². The van der Waals surface area contributed by atoms with Crippen LogP contribution in [-0.2, 0) is 0 Å². The maximum absolute atomic E-state index is 12.1. The minimum atomic E-state index is -0.142. The number of carbonyl (C=O) groups is 1. The number of methoxy groups -OCH3 is 2. The van der Waals surface area contributed by atoms with Crippen molar-refractivity contribution in [1.29, 1.82) is 0 Å². The van der Waals surface area contributed by atoms with Crippen molar-refractivity contribution in [2.45, 2.75) is 0 Å². The molecule has 5 nitrogen and oxygen atoms in total. The average molecular weight is 340 g/mol. The van der Waals surface area contributed by atoms with Crippen molar-refractivity contribution in [3.8, 4) is 22.6 Å². The molecule has 0 bridgehead atoms. The van der Waals surface area contributed by atoms with Crippen LogP contribution in [0.4, 0.5) is 5.69 Å². The number of ether oxygens (including phenoxy) is 2. The van der Waals surface area contributed by atoms with Crippen molar-refractivity contribution in [3.63, 3.8) is 0 Å². The molecule has 2 aromatic heterocycles. The molecule has 0 radical (unpaired) electrons. The van der Waals surface area contributed by atoms with E-state index < -0.39 is 0 Å². The number of nitrogens with zero attached hydrogens (tertiary/aromatic N) is 1. The number of thiophene rings is 1. The second kappa shape index (κ2) is 7.14. The van der Waals surface area contributed by atoms with E-state index in [2.05, 4.69) is 10.3 Å². The van der Waals surface area contributed by atoms with Crippen molar-refractivity contribution >= 4 is 22.9 Å². The highest BCUT2D eigenvalue weighted by atomic mass is 32.1. The lowest BCUT2D eigenvalue weighted by Gasteiger charge is -2.10. The molecular weight excluding hydrogens is 324 g/mol. The van der Waals surface area contributed by atoms with Crippen LogP contribution in [0.15, 0.2) is 54.2 Å². The van der Waals surface area contributed by atoms with Gasteiger partial charge >= 0.3 is 0 Å². The molecule has 1 N–H and O–H groups in total. The van der Waals surface area contributed by atoms with Crippen molar-refractivity contribution < 1.29 is 14.3 Å². The Kier molecular flexibility index (Phi) is 4.77. The molecular formula is C18H16N2O3S. The van der Waals surface area contributed by atoms with Gasteiger partial charge in [-0.1, -0.05) is 12.1 Å². The van der Waals surface area contributed by atoms with Gasteiger partial charge in [-0.3, -0.25) is 9.78 Å². The zero-order valence-corrected chi connectivity index (χ0v) is 14.1. The van der Waals surface area contributed by atoms with Crippen LogP contribution in [0.2, 0.25) is 0 Å². The highest BCUT2D eigenvalue weighted by Gasteiger charge is 2.10. The monoisotopic (exact) mass is 340 g/mol. The number of anilines is 1. The van der Waals surface area contributed by atoms with Gasteiger partial charge in [-0.15, -0.1) is 11.3 Å². The molecule has 3 rings (SSSR count). The van der Waals surface area contributed by atoms with E-state index in [9.17, 15) is 4.79 Å². The third-order valence-electron chi connectivity index (χ3n) is 3.46. The highest BCUT2D eigenvalue weighted by molar-refractivity contribution is 7.12. The maximum Gasteiger partial charge on any atom is 0.265 e. The van der Waals surface area contributed by atoms with Crippen molar-refractivity contribution in [3.05, 3.63) is 59.0 Å². The summed E-state index contributed by atoms with van der Waals surface area (Å²) in [5, 5.41) is 4.73. The predicted molar refractivity (Wildman–Crippen MR) is 95.0 cm³/mol. The third kappa shape index (κ3) is 3.38. The summed E-state index contributed by atoms with van der Waals surface area (Å²) in [5.41, 5.74) is 2.44. The predicted octanol–water partition coefficient (Wildman–Crippen LogP) is 4.08. The smallest absolute Gasteiger partial charge is 0.265 e. The molecule has 1 amide bonds. The van der Waals surface area contributed by atoms with E-state index in [1.54, 1.807) is 32.7 Å². The standard InChI is InChI=1S/C18H16N2O3S/c1-22-15-6-5-12(9-16(15)23-2)13-8-14(11-19-10-13)20-18(21)17-4-3-7-24-17/h3-11H,1-2H3,(H,20,21). The summed E-state index contributed by atoms with van der Waals surface area (Å²) < 4.78 is 10.6. The molecule has 0 aliphatic carbocycles. The Bertz CT molecular complexity index is 847. The van der Waals surface area contributed by atoms with Crippen LogP contribution in [0, 0.1) is 0 Å². The molecule has 122 valence electrons. The SMILES string of the molecule is COc1ccc(-c2cncc(NC(=O)c3cccs3)c2)cc1OC. The molecule has 0 spiro atoms. The summed E-state index contributed by atoms with van der Waals surface area (Å²) in [6.07, 6.45) is 3.36. The zero-order valence-electron chi connectivity index (χ0n) is 13.3. The summed E-state index contributed by atoms with van der Waals surface area (Å²) in [7, 11) is 3.19. The van der Waals surface area contributed by atoms with Gasteiger partial charge in [-0.05, 0) is 35.2 Å². The van der Waals surface area contributed by atoms with E-state index >= 15 is 0 Å². The molecule has 0 unspecified atom stereocenters. The van der Waals surface area contributed by atoms with Gasteiger partial charge in [0.2, 0.25) is 0 Å². The number of nitrogens with one attached hydrogen (secondary N) is 1. The van der Waals surface area contributed by atoms with E-state index in [0.29, 0.717) is 22.1 Å². The first kappa shape index (κ1) is 16.0. The average Bonchev–Trinajstić information content (AvgIpc) is 3.16. The second-order valence-corrected chi connectivity index (χ2v) is 5.91. The lowest BCUT2D eigenvalue weighted by Crippen LogP contribution is -2.10.